The van der Waals surface area contributed by atoms with Crippen molar-refractivity contribution >= 4 is 23.4 Å². The number of rotatable bonds is 6. The van der Waals surface area contributed by atoms with E-state index < -0.39 is 5.92 Å². The number of hydrogen-bond acceptors (Lipinski definition) is 5. The van der Waals surface area contributed by atoms with Crippen LogP contribution in [0.25, 0.3) is 0 Å². The molecule has 8 heteroatoms. The van der Waals surface area contributed by atoms with E-state index >= 15 is 0 Å². The lowest BCUT2D eigenvalue weighted by Crippen LogP contribution is -2.35. The maximum absolute atomic E-state index is 13.4. The summed E-state index contributed by atoms with van der Waals surface area (Å²) < 4.78 is 16.4. The number of carbonyl (C=O) groups is 2. The van der Waals surface area contributed by atoms with Gasteiger partial charge in [-0.2, -0.15) is 0 Å². The highest BCUT2D eigenvalue weighted by Gasteiger charge is 2.41. The monoisotopic (exact) mass is 492 g/mol. The van der Waals surface area contributed by atoms with E-state index in [-0.39, 0.29) is 24.5 Å². The summed E-state index contributed by atoms with van der Waals surface area (Å²) in [6, 6.07) is 20.1. The molecule has 5 rings (SSSR count). The van der Waals surface area contributed by atoms with Crippen LogP contribution in [0, 0.1) is 5.92 Å². The van der Waals surface area contributed by atoms with Gasteiger partial charge in [0.15, 0.2) is 11.5 Å². The predicted molar refractivity (Wildman–Crippen MR) is 131 cm³/mol. The standard InChI is InChI=1S/C27H25ClN2O5/c1-33-23-8-3-2-7-20(23)21-14-30(27(32)18-5-4-6-19(28)12-18)15-22(21)26(31)29-13-17-9-10-24-25(11-17)35-16-34-24/h2-12,21-22H,13-16H2,1H3,(H,29,31)/t21-,22-/m1/s1. The van der Waals surface area contributed by atoms with Crippen molar-refractivity contribution in [2.24, 2.45) is 5.92 Å². The Hall–Kier alpha value is -3.71. The van der Waals surface area contributed by atoms with E-state index in [0.717, 1.165) is 11.1 Å². The largest absolute Gasteiger partial charge is 0.496 e. The summed E-state index contributed by atoms with van der Waals surface area (Å²) in [4.78, 5) is 28.4. The van der Waals surface area contributed by atoms with Gasteiger partial charge < -0.3 is 24.4 Å². The number of halogens is 1. The summed E-state index contributed by atoms with van der Waals surface area (Å²) in [5.74, 6) is 1.13. The highest BCUT2D eigenvalue weighted by molar-refractivity contribution is 6.30. The van der Waals surface area contributed by atoms with Crippen LogP contribution in [0.2, 0.25) is 5.02 Å². The van der Waals surface area contributed by atoms with E-state index in [1.54, 1.807) is 36.3 Å². The average molecular weight is 493 g/mol. The molecule has 3 aromatic rings. The summed E-state index contributed by atoms with van der Waals surface area (Å²) >= 11 is 6.11. The van der Waals surface area contributed by atoms with Crippen LogP contribution in [-0.2, 0) is 11.3 Å². The van der Waals surface area contributed by atoms with Crippen LogP contribution in [-0.4, -0.2) is 43.7 Å². The number of para-hydroxylation sites is 1. The van der Waals surface area contributed by atoms with Gasteiger partial charge in [0.25, 0.3) is 5.91 Å². The Balaban J connectivity index is 1.37. The van der Waals surface area contributed by atoms with Crippen molar-refractivity contribution in [1.29, 1.82) is 0 Å². The Morgan fingerprint density at radius 2 is 1.86 bits per heavy atom. The summed E-state index contributed by atoms with van der Waals surface area (Å²) in [6.07, 6.45) is 0. The summed E-state index contributed by atoms with van der Waals surface area (Å²) in [5.41, 5.74) is 2.30. The van der Waals surface area contributed by atoms with Gasteiger partial charge in [0.2, 0.25) is 12.7 Å². The molecule has 0 unspecified atom stereocenters. The molecule has 0 radical (unpaired) electrons. The number of hydrogen-bond donors (Lipinski definition) is 1. The Morgan fingerprint density at radius 3 is 2.69 bits per heavy atom. The van der Waals surface area contributed by atoms with Crippen molar-refractivity contribution in [1.82, 2.24) is 10.2 Å². The van der Waals surface area contributed by atoms with Crippen LogP contribution in [0.1, 0.15) is 27.4 Å². The van der Waals surface area contributed by atoms with Crippen LogP contribution >= 0.6 is 11.6 Å². The summed E-state index contributed by atoms with van der Waals surface area (Å²) in [7, 11) is 1.61. The highest BCUT2D eigenvalue weighted by Crippen LogP contribution is 2.38. The van der Waals surface area contributed by atoms with Crippen LogP contribution in [0.5, 0.6) is 17.2 Å². The van der Waals surface area contributed by atoms with Gasteiger partial charge in [0.05, 0.1) is 13.0 Å². The Bertz CT molecular complexity index is 1260. The van der Waals surface area contributed by atoms with Gasteiger partial charge in [0.1, 0.15) is 5.75 Å². The smallest absolute Gasteiger partial charge is 0.253 e. The van der Waals surface area contributed by atoms with Crippen molar-refractivity contribution in [3.8, 4) is 17.2 Å². The Kier molecular flexibility index (Phi) is 6.51. The molecule has 2 amide bonds. The van der Waals surface area contributed by atoms with Crippen LogP contribution in [0.15, 0.2) is 66.7 Å². The fraction of sp³-hybridized carbons (Fsp3) is 0.259. The van der Waals surface area contributed by atoms with Crippen LogP contribution in [0.4, 0.5) is 0 Å². The highest BCUT2D eigenvalue weighted by atomic mass is 35.5. The molecule has 0 aromatic heterocycles. The van der Waals surface area contributed by atoms with E-state index in [1.807, 2.05) is 42.5 Å². The number of methoxy groups -OCH3 is 1. The number of nitrogens with zero attached hydrogens (tertiary/aromatic N) is 1. The molecule has 2 heterocycles. The number of likely N-dealkylation sites (tertiary alicyclic amines) is 1. The molecule has 1 N–H and O–H groups in total. The number of benzene rings is 3. The lowest BCUT2D eigenvalue weighted by atomic mass is 9.87. The third-order valence-corrected chi connectivity index (χ3v) is 6.69. The molecule has 3 aromatic carbocycles. The normalized spacial score (nSPS) is 18.4. The average Bonchev–Trinajstić information content (AvgIpc) is 3.54. The van der Waals surface area contributed by atoms with Crippen molar-refractivity contribution in [3.05, 3.63) is 88.4 Å². The fourth-order valence-corrected chi connectivity index (χ4v) is 4.89. The molecule has 0 bridgehead atoms. The number of ether oxygens (including phenoxy) is 3. The van der Waals surface area contributed by atoms with Gasteiger partial charge in [-0.05, 0) is 47.5 Å². The molecule has 0 saturated carbocycles. The van der Waals surface area contributed by atoms with Crippen LogP contribution in [0.3, 0.4) is 0 Å². The first-order chi connectivity index (χ1) is 17.0. The molecule has 7 nitrogen and oxygen atoms in total. The van der Waals surface area contributed by atoms with Crippen molar-refractivity contribution in [3.63, 3.8) is 0 Å². The van der Waals surface area contributed by atoms with E-state index in [0.29, 0.717) is 47.5 Å². The quantitative estimate of drug-likeness (QED) is 0.556. The van der Waals surface area contributed by atoms with Gasteiger partial charge >= 0.3 is 0 Å². The summed E-state index contributed by atoms with van der Waals surface area (Å²) in [5, 5.41) is 3.54. The minimum absolute atomic E-state index is 0.125. The SMILES string of the molecule is COc1ccccc1[C@H]1CN(C(=O)c2cccc(Cl)c2)C[C@H]1C(=O)NCc1ccc2c(c1)OCO2. The predicted octanol–water partition coefficient (Wildman–Crippen LogP) is 4.25. The summed E-state index contributed by atoms with van der Waals surface area (Å²) in [6.45, 7) is 1.23. The fourth-order valence-electron chi connectivity index (χ4n) is 4.70. The molecule has 180 valence electrons. The third kappa shape index (κ3) is 4.77. The first-order valence-electron chi connectivity index (χ1n) is 11.4. The van der Waals surface area contributed by atoms with Crippen molar-refractivity contribution in [2.75, 3.05) is 27.0 Å². The second-order valence-corrected chi connectivity index (χ2v) is 9.02. The lowest BCUT2D eigenvalue weighted by molar-refractivity contribution is -0.125. The molecular formula is C27H25ClN2O5. The maximum Gasteiger partial charge on any atom is 0.253 e. The van der Waals surface area contributed by atoms with Crippen LogP contribution < -0.4 is 19.5 Å². The molecule has 2 atom stereocenters. The number of fused-ring (bicyclic) bond motifs is 1. The first-order valence-corrected chi connectivity index (χ1v) is 11.8. The van der Waals surface area contributed by atoms with E-state index in [2.05, 4.69) is 5.32 Å². The van der Waals surface area contributed by atoms with E-state index in [1.165, 1.54) is 0 Å². The molecule has 0 aliphatic carbocycles. The number of amides is 2. The van der Waals surface area contributed by atoms with Gasteiger partial charge in [-0.15, -0.1) is 0 Å². The Labute approximate surface area is 208 Å². The second-order valence-electron chi connectivity index (χ2n) is 8.58. The molecule has 35 heavy (non-hydrogen) atoms. The van der Waals surface area contributed by atoms with Gasteiger partial charge in [-0.25, -0.2) is 0 Å². The maximum atomic E-state index is 13.4. The zero-order valence-electron chi connectivity index (χ0n) is 19.2. The lowest BCUT2D eigenvalue weighted by Gasteiger charge is -2.20. The first kappa shape index (κ1) is 23.1. The third-order valence-electron chi connectivity index (χ3n) is 6.46. The zero-order valence-corrected chi connectivity index (χ0v) is 20.0. The topological polar surface area (TPSA) is 77.1 Å². The van der Waals surface area contributed by atoms with Crippen molar-refractivity contribution < 1.29 is 23.8 Å². The zero-order chi connectivity index (χ0) is 24.4. The minimum Gasteiger partial charge on any atom is -0.496 e. The van der Waals surface area contributed by atoms with E-state index in [9.17, 15) is 9.59 Å². The molecule has 1 saturated heterocycles. The molecule has 1 fully saturated rings. The Morgan fingerprint density at radius 1 is 1.03 bits per heavy atom. The molecular weight excluding hydrogens is 468 g/mol. The van der Waals surface area contributed by atoms with E-state index in [4.69, 9.17) is 25.8 Å². The molecule has 2 aliphatic heterocycles. The molecule has 2 aliphatic rings. The van der Waals surface area contributed by atoms with Gasteiger partial charge in [0, 0.05) is 36.1 Å². The number of nitrogens with one attached hydrogen (secondary N) is 1. The van der Waals surface area contributed by atoms with Gasteiger partial charge in [-0.3, -0.25) is 9.59 Å². The minimum atomic E-state index is -0.441. The van der Waals surface area contributed by atoms with Crippen molar-refractivity contribution in [2.45, 2.75) is 12.5 Å². The molecule has 0 spiro atoms. The second kappa shape index (κ2) is 9.88. The number of carbonyl (C=O) groups excluding carboxylic acids is 2. The van der Waals surface area contributed by atoms with Gasteiger partial charge in [-0.1, -0.05) is 41.9 Å².